The molecule has 1 aliphatic carbocycles. The van der Waals surface area contributed by atoms with Gasteiger partial charge >= 0.3 is 0 Å². The van der Waals surface area contributed by atoms with Gasteiger partial charge < -0.3 is 5.32 Å². The largest absolute Gasteiger partial charge is 0.315 e. The van der Waals surface area contributed by atoms with Gasteiger partial charge in [-0.3, -0.25) is 0 Å². The van der Waals surface area contributed by atoms with Crippen LogP contribution in [0, 0.1) is 11.3 Å². The van der Waals surface area contributed by atoms with Crippen LogP contribution in [-0.2, 0) is 19.3 Å². The third kappa shape index (κ3) is 2.84. The van der Waals surface area contributed by atoms with Crippen LogP contribution in [0.2, 0.25) is 0 Å². The summed E-state index contributed by atoms with van der Waals surface area (Å²) in [5.74, 6) is 0. The summed E-state index contributed by atoms with van der Waals surface area (Å²) < 4.78 is 0. The molecule has 2 nitrogen and oxygen atoms in total. The molecule has 84 valence electrons. The molecule has 0 aliphatic heterocycles. The summed E-state index contributed by atoms with van der Waals surface area (Å²) in [5.41, 5.74) is 4.51. The zero-order chi connectivity index (χ0) is 11.2. The molecule has 0 unspecified atom stereocenters. The molecule has 0 radical (unpaired) electrons. The highest BCUT2D eigenvalue weighted by molar-refractivity contribution is 5.35. The Morgan fingerprint density at radius 3 is 2.94 bits per heavy atom. The van der Waals surface area contributed by atoms with E-state index in [1.807, 2.05) is 0 Å². The Kier molecular flexibility index (Phi) is 3.96. The van der Waals surface area contributed by atoms with Crippen LogP contribution in [-0.4, -0.2) is 13.1 Å². The maximum Gasteiger partial charge on any atom is 0.0635 e. The van der Waals surface area contributed by atoms with Crippen LogP contribution >= 0.6 is 0 Å². The van der Waals surface area contributed by atoms with Gasteiger partial charge in [0.15, 0.2) is 0 Å². The average Bonchev–Trinajstić information content (AvgIpc) is 2.76. The number of nitriles is 1. The molecule has 0 heterocycles. The predicted octanol–water partition coefficient (Wildman–Crippen LogP) is 2.22. The maximum atomic E-state index is 8.40. The fourth-order valence-electron chi connectivity index (χ4n) is 2.28. The third-order valence-corrected chi connectivity index (χ3v) is 3.17. The number of aryl methyl sites for hydroxylation is 2. The third-order valence-electron chi connectivity index (χ3n) is 3.17. The van der Waals surface area contributed by atoms with E-state index in [0.29, 0.717) is 6.42 Å². The molecule has 1 N–H and O–H groups in total. The number of fused-ring (bicyclic) bond motifs is 1. The lowest BCUT2D eigenvalue weighted by Crippen LogP contribution is -2.18. The van der Waals surface area contributed by atoms with Crippen molar-refractivity contribution in [3.05, 3.63) is 34.9 Å². The van der Waals surface area contributed by atoms with Crippen molar-refractivity contribution in [3.8, 4) is 6.07 Å². The second-order valence-corrected chi connectivity index (χ2v) is 4.36. The van der Waals surface area contributed by atoms with Crippen molar-refractivity contribution in [1.82, 2.24) is 5.32 Å². The molecule has 0 saturated heterocycles. The van der Waals surface area contributed by atoms with Gasteiger partial charge in [0.25, 0.3) is 0 Å². The van der Waals surface area contributed by atoms with Crippen molar-refractivity contribution < 1.29 is 0 Å². The number of hydrogen-bond acceptors (Lipinski definition) is 2. The highest BCUT2D eigenvalue weighted by Crippen LogP contribution is 2.22. The highest BCUT2D eigenvalue weighted by atomic mass is 14.8. The first-order chi connectivity index (χ1) is 7.90. The second-order valence-electron chi connectivity index (χ2n) is 4.36. The molecule has 16 heavy (non-hydrogen) atoms. The van der Waals surface area contributed by atoms with E-state index in [0.717, 1.165) is 19.5 Å². The van der Waals surface area contributed by atoms with E-state index >= 15 is 0 Å². The first kappa shape index (κ1) is 11.2. The first-order valence-electron chi connectivity index (χ1n) is 6.08. The Balaban J connectivity index is 1.80. The van der Waals surface area contributed by atoms with E-state index in [1.54, 1.807) is 11.1 Å². The van der Waals surface area contributed by atoms with Crippen LogP contribution < -0.4 is 5.32 Å². The standard InChI is InChI=1S/C14H18N2/c15-8-2-9-16-10-7-12-5-6-13-3-1-4-14(13)11-12/h5-6,11,16H,1-4,7,9-10H2. The minimum atomic E-state index is 0.601. The lowest BCUT2D eigenvalue weighted by atomic mass is 10.0. The molecular weight excluding hydrogens is 196 g/mol. The van der Waals surface area contributed by atoms with E-state index in [-0.39, 0.29) is 0 Å². The number of nitrogens with one attached hydrogen (secondary N) is 1. The number of benzene rings is 1. The zero-order valence-corrected chi connectivity index (χ0v) is 9.63. The minimum absolute atomic E-state index is 0.601. The molecule has 0 amide bonds. The topological polar surface area (TPSA) is 35.8 Å². The lowest BCUT2D eigenvalue weighted by Gasteiger charge is -2.05. The number of hydrogen-bond donors (Lipinski definition) is 1. The summed E-state index contributed by atoms with van der Waals surface area (Å²) in [5, 5.41) is 11.7. The fraction of sp³-hybridized carbons (Fsp3) is 0.500. The molecule has 0 saturated carbocycles. The van der Waals surface area contributed by atoms with Crippen LogP contribution in [0.5, 0.6) is 0 Å². The Bertz CT molecular complexity index is 390. The normalized spacial score (nSPS) is 13.4. The summed E-state index contributed by atoms with van der Waals surface area (Å²) >= 11 is 0. The highest BCUT2D eigenvalue weighted by Gasteiger charge is 2.10. The molecular formula is C14H18N2. The SMILES string of the molecule is N#CCCNCCc1ccc2c(c1)CCC2. The van der Waals surface area contributed by atoms with Crippen molar-refractivity contribution in [1.29, 1.82) is 5.26 Å². The molecule has 0 aromatic heterocycles. The molecule has 1 aliphatic rings. The average molecular weight is 214 g/mol. The van der Waals surface area contributed by atoms with Crippen molar-refractivity contribution in [2.24, 2.45) is 0 Å². The Morgan fingerprint density at radius 2 is 2.06 bits per heavy atom. The van der Waals surface area contributed by atoms with Crippen LogP contribution in [0.3, 0.4) is 0 Å². The van der Waals surface area contributed by atoms with Gasteiger partial charge in [-0.15, -0.1) is 0 Å². The zero-order valence-electron chi connectivity index (χ0n) is 9.63. The summed E-state index contributed by atoms with van der Waals surface area (Å²) in [6, 6.07) is 9.02. The van der Waals surface area contributed by atoms with Gasteiger partial charge in [-0.1, -0.05) is 18.2 Å². The van der Waals surface area contributed by atoms with E-state index in [9.17, 15) is 0 Å². The first-order valence-corrected chi connectivity index (χ1v) is 6.08. The summed E-state index contributed by atoms with van der Waals surface area (Å²) in [6.07, 6.45) is 5.50. The van der Waals surface area contributed by atoms with Crippen LogP contribution in [0.15, 0.2) is 18.2 Å². The van der Waals surface area contributed by atoms with Crippen molar-refractivity contribution in [2.75, 3.05) is 13.1 Å². The molecule has 1 aromatic carbocycles. The van der Waals surface area contributed by atoms with Gasteiger partial charge in [0.1, 0.15) is 0 Å². The summed E-state index contributed by atoms with van der Waals surface area (Å²) in [6.45, 7) is 1.78. The molecule has 2 rings (SSSR count). The monoisotopic (exact) mass is 214 g/mol. The lowest BCUT2D eigenvalue weighted by molar-refractivity contribution is 0.692. The molecule has 0 atom stereocenters. The second kappa shape index (κ2) is 5.67. The van der Waals surface area contributed by atoms with Crippen LogP contribution in [0.4, 0.5) is 0 Å². The molecule has 1 aromatic rings. The van der Waals surface area contributed by atoms with Crippen LogP contribution in [0.1, 0.15) is 29.5 Å². The van der Waals surface area contributed by atoms with Gasteiger partial charge in [-0.25, -0.2) is 0 Å². The van der Waals surface area contributed by atoms with Gasteiger partial charge in [0.05, 0.1) is 6.07 Å². The molecule has 0 spiro atoms. The van der Waals surface area contributed by atoms with E-state index in [4.69, 9.17) is 5.26 Å². The molecule has 0 fully saturated rings. The van der Waals surface area contributed by atoms with Crippen LogP contribution in [0.25, 0.3) is 0 Å². The van der Waals surface area contributed by atoms with Crippen molar-refractivity contribution in [2.45, 2.75) is 32.1 Å². The molecule has 2 heteroatoms. The van der Waals surface area contributed by atoms with Crippen molar-refractivity contribution in [3.63, 3.8) is 0 Å². The van der Waals surface area contributed by atoms with Gasteiger partial charge in [-0.2, -0.15) is 5.26 Å². The predicted molar refractivity (Wildman–Crippen MR) is 65.3 cm³/mol. The quantitative estimate of drug-likeness (QED) is 0.763. The molecule has 0 bridgehead atoms. The fourth-order valence-corrected chi connectivity index (χ4v) is 2.28. The van der Waals surface area contributed by atoms with E-state index in [1.165, 1.54) is 24.8 Å². The minimum Gasteiger partial charge on any atom is -0.315 e. The van der Waals surface area contributed by atoms with E-state index in [2.05, 4.69) is 29.6 Å². The van der Waals surface area contributed by atoms with E-state index < -0.39 is 0 Å². The van der Waals surface area contributed by atoms with Crippen molar-refractivity contribution >= 4 is 0 Å². The Hall–Kier alpha value is -1.33. The maximum absolute atomic E-state index is 8.40. The van der Waals surface area contributed by atoms with Gasteiger partial charge in [-0.05, 0) is 48.9 Å². The summed E-state index contributed by atoms with van der Waals surface area (Å²) in [7, 11) is 0. The Morgan fingerprint density at radius 1 is 1.19 bits per heavy atom. The number of nitrogens with zero attached hydrogens (tertiary/aromatic N) is 1. The number of rotatable bonds is 5. The van der Waals surface area contributed by atoms with Gasteiger partial charge in [0, 0.05) is 13.0 Å². The Labute approximate surface area is 97.3 Å². The summed E-state index contributed by atoms with van der Waals surface area (Å²) in [4.78, 5) is 0. The smallest absolute Gasteiger partial charge is 0.0635 e. The van der Waals surface area contributed by atoms with Gasteiger partial charge in [0.2, 0.25) is 0 Å².